The van der Waals surface area contributed by atoms with Crippen LogP contribution in [0, 0.1) is 23.2 Å². The van der Waals surface area contributed by atoms with Crippen molar-refractivity contribution in [2.45, 2.75) is 39.7 Å². The Balaban J connectivity index is 2.09. The van der Waals surface area contributed by atoms with Crippen LogP contribution in [0.1, 0.15) is 44.2 Å². The van der Waals surface area contributed by atoms with E-state index in [1.807, 2.05) is 29.2 Å². The van der Waals surface area contributed by atoms with E-state index in [9.17, 15) is 4.79 Å². The van der Waals surface area contributed by atoms with Crippen molar-refractivity contribution in [2.24, 2.45) is 11.8 Å². The lowest BCUT2D eigenvalue weighted by atomic mass is 9.89. The van der Waals surface area contributed by atoms with E-state index in [1.54, 1.807) is 0 Å². The molecule has 2 rings (SSSR count). The first-order valence-corrected chi connectivity index (χ1v) is 7.37. The van der Waals surface area contributed by atoms with E-state index in [1.165, 1.54) is 0 Å². The lowest BCUT2D eigenvalue weighted by Crippen LogP contribution is -2.30. The maximum atomic E-state index is 12.2. The third kappa shape index (κ3) is 3.39. The number of benzene rings is 1. The molecule has 0 N–H and O–H groups in total. The summed E-state index contributed by atoms with van der Waals surface area (Å²) in [4.78, 5) is 14.1. The van der Waals surface area contributed by atoms with Crippen LogP contribution in [0.2, 0.25) is 0 Å². The molecule has 0 aliphatic carbocycles. The first kappa shape index (κ1) is 14.6. The average Bonchev–Trinajstić information content (AvgIpc) is 2.62. The predicted molar refractivity (Wildman–Crippen MR) is 78.8 cm³/mol. The molecular weight excluding hydrogens is 248 g/mol. The molecule has 3 heteroatoms. The number of carbonyl (C=O) groups is 1. The molecule has 1 aliphatic rings. The van der Waals surface area contributed by atoms with Crippen LogP contribution < -0.4 is 0 Å². The van der Waals surface area contributed by atoms with E-state index in [0.717, 1.165) is 24.9 Å². The number of carbonyl (C=O) groups excluding carboxylic acids is 1. The largest absolute Gasteiger partial charge is 0.338 e. The Morgan fingerprint density at radius 1 is 1.35 bits per heavy atom. The van der Waals surface area contributed by atoms with Gasteiger partial charge >= 0.3 is 0 Å². The molecule has 0 bridgehead atoms. The Kier molecular flexibility index (Phi) is 4.79. The lowest BCUT2D eigenvalue weighted by molar-refractivity contribution is -0.131. The summed E-state index contributed by atoms with van der Waals surface area (Å²) in [6.07, 6.45) is 2.70. The van der Waals surface area contributed by atoms with Crippen LogP contribution in [-0.2, 0) is 11.3 Å². The van der Waals surface area contributed by atoms with Crippen LogP contribution in [0.25, 0.3) is 0 Å². The molecule has 0 aromatic heterocycles. The number of rotatable bonds is 3. The maximum Gasteiger partial charge on any atom is 0.222 e. The Hall–Kier alpha value is -1.82. The molecule has 1 fully saturated rings. The quantitative estimate of drug-likeness (QED) is 0.845. The summed E-state index contributed by atoms with van der Waals surface area (Å²) in [6.45, 7) is 5.83. The van der Waals surface area contributed by atoms with Gasteiger partial charge in [-0.25, -0.2) is 0 Å². The van der Waals surface area contributed by atoms with Gasteiger partial charge in [0.2, 0.25) is 5.91 Å². The number of amides is 1. The zero-order chi connectivity index (χ0) is 14.5. The van der Waals surface area contributed by atoms with Gasteiger partial charge in [0, 0.05) is 19.5 Å². The highest BCUT2D eigenvalue weighted by Crippen LogP contribution is 2.26. The van der Waals surface area contributed by atoms with Crippen molar-refractivity contribution in [3.8, 4) is 6.07 Å². The van der Waals surface area contributed by atoms with Crippen molar-refractivity contribution in [1.29, 1.82) is 5.26 Å². The van der Waals surface area contributed by atoms with Gasteiger partial charge in [-0.2, -0.15) is 5.26 Å². The molecule has 106 valence electrons. The van der Waals surface area contributed by atoms with Gasteiger partial charge < -0.3 is 4.90 Å². The van der Waals surface area contributed by atoms with Crippen molar-refractivity contribution in [1.82, 2.24) is 4.90 Å². The van der Waals surface area contributed by atoms with E-state index in [0.29, 0.717) is 30.4 Å². The Morgan fingerprint density at radius 2 is 2.10 bits per heavy atom. The first-order chi connectivity index (χ1) is 9.61. The molecule has 1 saturated heterocycles. The molecule has 0 spiro atoms. The number of hydrogen-bond acceptors (Lipinski definition) is 2. The second-order valence-corrected chi connectivity index (χ2v) is 5.92. The van der Waals surface area contributed by atoms with Crippen LogP contribution in [0.3, 0.4) is 0 Å². The molecule has 1 heterocycles. The third-order valence-corrected chi connectivity index (χ3v) is 4.29. The fourth-order valence-electron chi connectivity index (χ4n) is 2.86. The van der Waals surface area contributed by atoms with Gasteiger partial charge in [-0.05, 0) is 36.3 Å². The zero-order valence-corrected chi connectivity index (χ0v) is 12.3. The molecule has 1 atom stereocenters. The van der Waals surface area contributed by atoms with Crippen molar-refractivity contribution in [2.75, 3.05) is 6.54 Å². The van der Waals surface area contributed by atoms with Crippen LogP contribution in [0.5, 0.6) is 0 Å². The van der Waals surface area contributed by atoms with E-state index in [4.69, 9.17) is 5.26 Å². The smallest absolute Gasteiger partial charge is 0.222 e. The standard InChI is InChI=1S/C17H22N2O/c1-13(2)14-7-8-17(20)19(10-9-14)12-16-6-4-3-5-15(16)11-18/h3-6,13-14H,7-10,12H2,1-2H3. The van der Waals surface area contributed by atoms with Gasteiger partial charge in [0.25, 0.3) is 0 Å². The molecule has 1 aromatic rings. The minimum absolute atomic E-state index is 0.223. The van der Waals surface area contributed by atoms with E-state index in [2.05, 4.69) is 19.9 Å². The molecule has 0 saturated carbocycles. The fourth-order valence-corrected chi connectivity index (χ4v) is 2.86. The van der Waals surface area contributed by atoms with Crippen LogP contribution in [0.4, 0.5) is 0 Å². The molecule has 20 heavy (non-hydrogen) atoms. The number of likely N-dealkylation sites (tertiary alicyclic amines) is 1. The molecule has 1 aromatic carbocycles. The summed E-state index contributed by atoms with van der Waals surface area (Å²) in [5, 5.41) is 9.13. The average molecular weight is 270 g/mol. The van der Waals surface area contributed by atoms with Crippen molar-refractivity contribution < 1.29 is 4.79 Å². The minimum atomic E-state index is 0.223. The van der Waals surface area contributed by atoms with E-state index >= 15 is 0 Å². The number of nitrogens with zero attached hydrogens (tertiary/aromatic N) is 2. The van der Waals surface area contributed by atoms with Crippen molar-refractivity contribution in [3.05, 3.63) is 35.4 Å². The normalized spacial score (nSPS) is 19.8. The fraction of sp³-hybridized carbons (Fsp3) is 0.529. The topological polar surface area (TPSA) is 44.1 Å². The van der Waals surface area contributed by atoms with Crippen LogP contribution >= 0.6 is 0 Å². The van der Waals surface area contributed by atoms with Gasteiger partial charge in [0.05, 0.1) is 11.6 Å². The SMILES string of the molecule is CC(C)C1CCC(=O)N(Cc2ccccc2C#N)CC1. The van der Waals surface area contributed by atoms with Crippen LogP contribution in [0.15, 0.2) is 24.3 Å². The predicted octanol–water partition coefficient (Wildman–Crippen LogP) is 3.34. The number of nitriles is 1. The highest BCUT2D eigenvalue weighted by Gasteiger charge is 2.24. The summed E-state index contributed by atoms with van der Waals surface area (Å²) in [5.74, 6) is 1.49. The molecule has 0 radical (unpaired) electrons. The summed E-state index contributed by atoms with van der Waals surface area (Å²) >= 11 is 0. The van der Waals surface area contributed by atoms with Crippen molar-refractivity contribution in [3.63, 3.8) is 0 Å². The van der Waals surface area contributed by atoms with Gasteiger partial charge in [-0.1, -0.05) is 32.0 Å². The molecular formula is C17H22N2O. The highest BCUT2D eigenvalue weighted by molar-refractivity contribution is 5.76. The van der Waals surface area contributed by atoms with Gasteiger partial charge in [0.15, 0.2) is 0 Å². The molecule has 3 nitrogen and oxygen atoms in total. The van der Waals surface area contributed by atoms with Gasteiger partial charge in [-0.3, -0.25) is 4.79 Å². The first-order valence-electron chi connectivity index (χ1n) is 7.37. The lowest BCUT2D eigenvalue weighted by Gasteiger charge is -2.22. The van der Waals surface area contributed by atoms with Crippen LogP contribution in [-0.4, -0.2) is 17.4 Å². The minimum Gasteiger partial charge on any atom is -0.338 e. The van der Waals surface area contributed by atoms with Crippen molar-refractivity contribution >= 4 is 5.91 Å². The Labute approximate surface area is 121 Å². The molecule has 1 amide bonds. The highest BCUT2D eigenvalue weighted by atomic mass is 16.2. The Bertz CT molecular complexity index is 516. The van der Waals surface area contributed by atoms with E-state index < -0.39 is 0 Å². The monoisotopic (exact) mass is 270 g/mol. The van der Waals surface area contributed by atoms with Gasteiger partial charge in [0.1, 0.15) is 0 Å². The summed E-state index contributed by atoms with van der Waals surface area (Å²) in [7, 11) is 0. The second kappa shape index (κ2) is 6.56. The summed E-state index contributed by atoms with van der Waals surface area (Å²) < 4.78 is 0. The number of hydrogen-bond donors (Lipinski definition) is 0. The van der Waals surface area contributed by atoms with Gasteiger partial charge in [-0.15, -0.1) is 0 Å². The summed E-state index contributed by atoms with van der Waals surface area (Å²) in [5.41, 5.74) is 1.62. The Morgan fingerprint density at radius 3 is 2.80 bits per heavy atom. The van der Waals surface area contributed by atoms with E-state index in [-0.39, 0.29) is 5.91 Å². The maximum absolute atomic E-state index is 12.2. The zero-order valence-electron chi connectivity index (χ0n) is 12.3. The summed E-state index contributed by atoms with van der Waals surface area (Å²) in [6, 6.07) is 9.75. The molecule has 1 unspecified atom stereocenters. The molecule has 1 aliphatic heterocycles. The second-order valence-electron chi connectivity index (χ2n) is 5.92. The third-order valence-electron chi connectivity index (χ3n) is 4.29.